The quantitative estimate of drug-likeness (QED) is 0.223. The Kier molecular flexibility index (Phi) is 8.78. The molecule has 0 bridgehead atoms. The molecule has 3 aromatic heterocycles. The molecule has 1 atom stereocenters. The van der Waals surface area contributed by atoms with Gasteiger partial charge in [-0.1, -0.05) is 38.1 Å². The Morgan fingerprint density at radius 2 is 1.66 bits per heavy atom. The van der Waals surface area contributed by atoms with Gasteiger partial charge >= 0.3 is 5.97 Å². The molecule has 0 saturated carbocycles. The molecule has 2 aliphatic heterocycles. The molecule has 9 nitrogen and oxygen atoms in total. The Labute approximate surface area is 278 Å². The van der Waals surface area contributed by atoms with Crippen LogP contribution in [0.1, 0.15) is 81.6 Å². The van der Waals surface area contributed by atoms with Crippen LogP contribution in [0.3, 0.4) is 0 Å². The van der Waals surface area contributed by atoms with Crippen molar-refractivity contribution < 1.29 is 14.6 Å². The number of anilines is 2. The van der Waals surface area contributed by atoms with Gasteiger partial charge in [-0.3, -0.25) is 9.97 Å². The fourth-order valence-corrected chi connectivity index (χ4v) is 6.79. The van der Waals surface area contributed by atoms with Crippen LogP contribution >= 0.6 is 0 Å². The molecular formula is C38H46N6O3. The fourth-order valence-electron chi connectivity index (χ4n) is 6.79. The smallest absolute Gasteiger partial charge is 0.337 e. The van der Waals surface area contributed by atoms with Crippen molar-refractivity contribution in [2.75, 3.05) is 29.4 Å². The number of hydrogen-bond donors (Lipinski definition) is 1. The van der Waals surface area contributed by atoms with E-state index in [1.54, 1.807) is 12.4 Å². The van der Waals surface area contributed by atoms with E-state index in [4.69, 9.17) is 14.7 Å². The molecule has 1 N–H and O–H groups in total. The lowest BCUT2D eigenvalue weighted by Gasteiger charge is -2.41. The zero-order chi connectivity index (χ0) is 33.5. The van der Waals surface area contributed by atoms with E-state index in [-0.39, 0.29) is 5.41 Å². The van der Waals surface area contributed by atoms with E-state index in [1.165, 1.54) is 11.1 Å². The molecule has 0 radical (unpaired) electrons. The Hall–Kier alpha value is -4.37. The third-order valence-corrected chi connectivity index (χ3v) is 9.33. The lowest BCUT2D eigenvalue weighted by atomic mass is 9.81. The zero-order valence-electron chi connectivity index (χ0n) is 28.7. The Bertz CT molecular complexity index is 1770. The summed E-state index contributed by atoms with van der Waals surface area (Å²) in [7, 11) is 0. The first kappa shape index (κ1) is 32.6. The zero-order valence-corrected chi connectivity index (χ0v) is 28.7. The molecule has 6 rings (SSSR count). The molecule has 1 fully saturated rings. The summed E-state index contributed by atoms with van der Waals surface area (Å²) in [4.78, 5) is 36.3. The molecule has 47 heavy (non-hydrogen) atoms. The van der Waals surface area contributed by atoms with E-state index in [0.29, 0.717) is 23.8 Å². The minimum atomic E-state index is -1.14. The number of carboxylic acids is 1. The van der Waals surface area contributed by atoms with Gasteiger partial charge in [-0.2, -0.15) is 0 Å². The highest BCUT2D eigenvalue weighted by atomic mass is 16.5. The highest BCUT2D eigenvalue weighted by molar-refractivity contribution is 5.88. The van der Waals surface area contributed by atoms with Gasteiger partial charge in [-0.15, -0.1) is 0 Å². The van der Waals surface area contributed by atoms with E-state index in [2.05, 4.69) is 51.8 Å². The number of aliphatic carboxylic acids is 1. The molecule has 0 unspecified atom stereocenters. The van der Waals surface area contributed by atoms with Crippen LogP contribution in [-0.4, -0.2) is 56.2 Å². The molecule has 246 valence electrons. The van der Waals surface area contributed by atoms with Crippen molar-refractivity contribution in [3.05, 3.63) is 82.9 Å². The second-order valence-corrected chi connectivity index (χ2v) is 14.6. The molecule has 5 heterocycles. The summed E-state index contributed by atoms with van der Waals surface area (Å²) in [5, 5.41) is 10.5. The van der Waals surface area contributed by atoms with Crippen molar-refractivity contribution >= 4 is 17.6 Å². The van der Waals surface area contributed by atoms with E-state index >= 15 is 0 Å². The van der Waals surface area contributed by atoms with E-state index in [0.717, 1.165) is 72.8 Å². The summed E-state index contributed by atoms with van der Waals surface area (Å²) < 4.78 is 6.26. The second kappa shape index (κ2) is 12.7. The van der Waals surface area contributed by atoms with Crippen LogP contribution in [0, 0.1) is 19.3 Å². The molecule has 0 aliphatic carbocycles. The van der Waals surface area contributed by atoms with Gasteiger partial charge in [-0.25, -0.2) is 14.8 Å². The van der Waals surface area contributed by atoms with Crippen molar-refractivity contribution in [1.29, 1.82) is 0 Å². The number of carboxylic acid groups (broad SMARTS) is 1. The van der Waals surface area contributed by atoms with Crippen LogP contribution in [-0.2, 0) is 22.5 Å². The lowest BCUT2D eigenvalue weighted by molar-refractivity contribution is -0.160. The summed E-state index contributed by atoms with van der Waals surface area (Å²) in [6.07, 6.45) is 5.31. The maximum absolute atomic E-state index is 12.9. The number of carbonyl (C=O) groups is 1. The maximum atomic E-state index is 12.9. The van der Waals surface area contributed by atoms with Crippen molar-refractivity contribution in [3.8, 4) is 22.5 Å². The number of piperidine rings is 1. The predicted octanol–water partition coefficient (Wildman–Crippen LogP) is 7.35. The third kappa shape index (κ3) is 7.00. The van der Waals surface area contributed by atoms with Gasteiger partial charge in [0.1, 0.15) is 0 Å². The molecule has 4 aromatic rings. The van der Waals surface area contributed by atoms with Crippen LogP contribution in [0.5, 0.6) is 0 Å². The first-order chi connectivity index (χ1) is 22.3. The number of rotatable bonds is 7. The van der Waals surface area contributed by atoms with Crippen LogP contribution in [0.4, 0.5) is 11.6 Å². The summed E-state index contributed by atoms with van der Waals surface area (Å²) in [5.74, 6) is -0.307. The van der Waals surface area contributed by atoms with E-state index in [1.807, 2.05) is 58.9 Å². The first-order valence-corrected chi connectivity index (χ1v) is 16.6. The number of fused-ring (bicyclic) bond motifs is 1. The van der Waals surface area contributed by atoms with Gasteiger partial charge in [0.25, 0.3) is 0 Å². The van der Waals surface area contributed by atoms with E-state index in [9.17, 15) is 9.90 Å². The lowest BCUT2D eigenvalue weighted by Crippen LogP contribution is -2.39. The predicted molar refractivity (Wildman–Crippen MR) is 186 cm³/mol. The Morgan fingerprint density at radius 1 is 0.894 bits per heavy atom. The second-order valence-electron chi connectivity index (χ2n) is 14.6. The molecule has 1 aromatic carbocycles. The highest BCUT2D eigenvalue weighted by Crippen LogP contribution is 2.45. The number of aryl methyl sites for hydroxylation is 2. The van der Waals surface area contributed by atoms with Crippen molar-refractivity contribution in [1.82, 2.24) is 19.9 Å². The maximum Gasteiger partial charge on any atom is 0.337 e. The largest absolute Gasteiger partial charge is 0.479 e. The van der Waals surface area contributed by atoms with E-state index < -0.39 is 17.7 Å². The number of benzene rings is 1. The Balaban J connectivity index is 1.39. The summed E-state index contributed by atoms with van der Waals surface area (Å²) in [6.45, 7) is 17.4. The number of pyridine rings is 2. The Morgan fingerprint density at radius 3 is 2.34 bits per heavy atom. The van der Waals surface area contributed by atoms with Crippen LogP contribution in [0.25, 0.3) is 22.5 Å². The molecule has 1 saturated heterocycles. The number of aromatic nitrogens is 4. The molecular weight excluding hydrogens is 588 g/mol. The normalized spacial score (nSPS) is 16.9. The van der Waals surface area contributed by atoms with Crippen LogP contribution in [0.2, 0.25) is 0 Å². The summed E-state index contributed by atoms with van der Waals surface area (Å²) in [5.41, 5.74) is 8.94. The minimum Gasteiger partial charge on any atom is -0.479 e. The number of hydrogen-bond acceptors (Lipinski definition) is 8. The van der Waals surface area contributed by atoms with Crippen molar-refractivity contribution in [2.45, 2.75) is 86.0 Å². The third-order valence-electron chi connectivity index (χ3n) is 9.33. The number of ether oxygens (including phenoxy) is 1. The van der Waals surface area contributed by atoms with Gasteiger partial charge in [0.15, 0.2) is 6.10 Å². The number of nitrogens with zero attached hydrogens (tertiary/aromatic N) is 6. The first-order valence-electron chi connectivity index (χ1n) is 16.6. The van der Waals surface area contributed by atoms with Crippen LogP contribution in [0.15, 0.2) is 54.9 Å². The monoisotopic (exact) mass is 634 g/mol. The summed E-state index contributed by atoms with van der Waals surface area (Å²) in [6, 6.07) is 14.3. The van der Waals surface area contributed by atoms with Gasteiger partial charge < -0.3 is 19.6 Å². The summed E-state index contributed by atoms with van der Waals surface area (Å²) >= 11 is 0. The highest BCUT2D eigenvalue weighted by Gasteiger charge is 2.36. The molecule has 0 amide bonds. The molecule has 2 aliphatic rings. The average molecular weight is 635 g/mol. The molecule has 0 spiro atoms. The van der Waals surface area contributed by atoms with Crippen molar-refractivity contribution in [3.63, 3.8) is 0 Å². The molecule has 9 heteroatoms. The van der Waals surface area contributed by atoms with Gasteiger partial charge in [0.2, 0.25) is 5.95 Å². The average Bonchev–Trinajstić information content (AvgIpc) is 3.03. The van der Waals surface area contributed by atoms with Crippen molar-refractivity contribution in [2.24, 2.45) is 5.41 Å². The van der Waals surface area contributed by atoms with Gasteiger partial charge in [0, 0.05) is 61.1 Å². The topological polar surface area (TPSA) is 105 Å². The van der Waals surface area contributed by atoms with Gasteiger partial charge in [-0.05, 0) is 94.2 Å². The van der Waals surface area contributed by atoms with Gasteiger partial charge in [0.05, 0.1) is 22.7 Å². The van der Waals surface area contributed by atoms with Crippen LogP contribution < -0.4 is 9.80 Å². The SMILES string of the molecule is Cc1nc(C)c([C@H](OC(C)(C)C)C(=O)O)c(N2CCC(C)(C)CC2)c1-c1ccc2c(c1)CCN(c1nccc(-c3ccccn3)n1)C2. The minimum absolute atomic E-state index is 0.237. The fraction of sp³-hybridized carbons (Fsp3) is 0.447. The standard InChI is InChI=1S/C38H46N6O3/c1-24-31(33(43-20-15-38(6,7)16-21-43)32(25(2)41-24)34(35(45)46)47-37(3,4)5)27-11-12-28-23-44(19-14-26(28)22-27)36-40-18-13-30(42-36)29-10-8-9-17-39-29/h8-13,17-18,22,34H,14-16,19-21,23H2,1-7H3,(H,45,46)/t34-/m0/s1.